The van der Waals surface area contributed by atoms with Crippen LogP contribution in [-0.4, -0.2) is 15.7 Å². The third kappa shape index (κ3) is 3.69. The largest absolute Gasteiger partial charge is 0.349 e. The van der Waals surface area contributed by atoms with E-state index < -0.39 is 0 Å². The second kappa shape index (κ2) is 7.16. The predicted octanol–water partition coefficient (Wildman–Crippen LogP) is 3.93. The molecule has 2 aromatic carbocycles. The molecule has 0 saturated heterocycles. The Bertz CT molecular complexity index is 856. The van der Waals surface area contributed by atoms with E-state index in [2.05, 4.69) is 29.5 Å². The Labute approximate surface area is 153 Å². The fraction of sp³-hybridized carbons (Fsp3) is 0.273. The van der Waals surface area contributed by atoms with Crippen molar-refractivity contribution in [2.45, 2.75) is 25.8 Å². The minimum atomic E-state index is 0.0739. The van der Waals surface area contributed by atoms with Gasteiger partial charge in [0.15, 0.2) is 0 Å². The van der Waals surface area contributed by atoms with Crippen molar-refractivity contribution in [3.05, 3.63) is 84.2 Å². The number of hydrogen-bond donors (Lipinski definition) is 1. The van der Waals surface area contributed by atoms with E-state index in [9.17, 15) is 4.79 Å². The van der Waals surface area contributed by atoms with Gasteiger partial charge >= 0.3 is 0 Å². The number of benzene rings is 2. The highest BCUT2D eigenvalue weighted by molar-refractivity contribution is 5.79. The van der Waals surface area contributed by atoms with Crippen molar-refractivity contribution in [2.24, 2.45) is 11.8 Å². The van der Waals surface area contributed by atoms with Crippen LogP contribution in [0.4, 0.5) is 0 Å². The van der Waals surface area contributed by atoms with Crippen LogP contribution < -0.4 is 5.32 Å². The van der Waals surface area contributed by atoms with Gasteiger partial charge in [0.1, 0.15) is 0 Å². The van der Waals surface area contributed by atoms with Gasteiger partial charge in [0, 0.05) is 12.4 Å². The molecular weight excluding hydrogens is 322 g/mol. The van der Waals surface area contributed by atoms with Crippen LogP contribution in [0.3, 0.4) is 0 Å². The zero-order valence-corrected chi connectivity index (χ0v) is 14.9. The second-order valence-electron chi connectivity index (χ2n) is 7.13. The summed E-state index contributed by atoms with van der Waals surface area (Å²) in [6.45, 7) is 2.25. The van der Waals surface area contributed by atoms with Crippen molar-refractivity contribution in [1.82, 2.24) is 15.1 Å². The first-order chi connectivity index (χ1) is 12.7. The van der Waals surface area contributed by atoms with Gasteiger partial charge in [-0.25, -0.2) is 4.68 Å². The zero-order chi connectivity index (χ0) is 17.9. The maximum Gasteiger partial charge on any atom is 0.224 e. The van der Waals surface area contributed by atoms with Gasteiger partial charge in [-0.2, -0.15) is 5.10 Å². The van der Waals surface area contributed by atoms with Gasteiger partial charge in [0.25, 0.3) is 0 Å². The second-order valence-corrected chi connectivity index (χ2v) is 7.13. The predicted molar refractivity (Wildman–Crippen MR) is 102 cm³/mol. The van der Waals surface area contributed by atoms with Crippen molar-refractivity contribution in [3.63, 3.8) is 0 Å². The molecule has 4 nitrogen and oxygen atoms in total. The zero-order valence-electron chi connectivity index (χ0n) is 14.9. The molecule has 1 fully saturated rings. The summed E-state index contributed by atoms with van der Waals surface area (Å²) in [5, 5.41) is 7.48. The molecule has 1 heterocycles. The Morgan fingerprint density at radius 1 is 1.15 bits per heavy atom. The van der Waals surface area contributed by atoms with Crippen LogP contribution in [0.15, 0.2) is 73.1 Å². The molecule has 4 heteroatoms. The minimum Gasteiger partial charge on any atom is -0.349 e. The molecule has 0 spiro atoms. The van der Waals surface area contributed by atoms with Gasteiger partial charge in [-0.3, -0.25) is 4.79 Å². The van der Waals surface area contributed by atoms with E-state index in [-0.39, 0.29) is 11.9 Å². The first kappa shape index (κ1) is 16.6. The quantitative estimate of drug-likeness (QED) is 0.736. The van der Waals surface area contributed by atoms with E-state index in [0.717, 1.165) is 11.3 Å². The molecular formula is C22H23N3O. The SMILES string of the molecule is CC1CC1C(NC(=O)Cc1ccc(-n2cccn2)cc1)c1ccccc1. The Morgan fingerprint density at radius 3 is 2.50 bits per heavy atom. The maximum atomic E-state index is 12.6. The average Bonchev–Trinajstić information content (AvgIpc) is 3.15. The number of rotatable bonds is 6. The van der Waals surface area contributed by atoms with Crippen molar-refractivity contribution in [1.29, 1.82) is 0 Å². The Hall–Kier alpha value is -2.88. The molecule has 1 saturated carbocycles. The van der Waals surface area contributed by atoms with E-state index in [1.54, 1.807) is 6.20 Å². The standard InChI is InChI=1S/C22H23N3O/c1-16-14-20(16)22(18-6-3-2-4-7-18)24-21(26)15-17-8-10-19(11-9-17)25-13-5-12-23-25/h2-13,16,20,22H,14-15H2,1H3,(H,24,26). The van der Waals surface area contributed by atoms with Crippen LogP contribution in [0.5, 0.6) is 0 Å². The highest BCUT2D eigenvalue weighted by atomic mass is 16.1. The van der Waals surface area contributed by atoms with Gasteiger partial charge < -0.3 is 5.32 Å². The van der Waals surface area contributed by atoms with Crippen LogP contribution in [0.25, 0.3) is 5.69 Å². The molecule has 1 amide bonds. The van der Waals surface area contributed by atoms with Gasteiger partial charge in [-0.15, -0.1) is 0 Å². The number of hydrogen-bond acceptors (Lipinski definition) is 2. The van der Waals surface area contributed by atoms with Gasteiger partial charge in [0.2, 0.25) is 5.91 Å². The summed E-state index contributed by atoms with van der Waals surface area (Å²) in [5.41, 5.74) is 3.20. The molecule has 0 bridgehead atoms. The first-order valence-electron chi connectivity index (χ1n) is 9.14. The summed E-state index contributed by atoms with van der Waals surface area (Å²) in [5.74, 6) is 1.29. The van der Waals surface area contributed by atoms with Gasteiger partial charge in [-0.05, 0) is 47.6 Å². The normalized spacial score (nSPS) is 19.7. The highest BCUT2D eigenvalue weighted by Gasteiger charge is 2.40. The summed E-state index contributed by atoms with van der Waals surface area (Å²) >= 11 is 0. The van der Waals surface area contributed by atoms with Gasteiger partial charge in [-0.1, -0.05) is 49.4 Å². The molecule has 0 aliphatic heterocycles. The molecule has 1 aromatic heterocycles. The number of nitrogens with zero attached hydrogens (tertiary/aromatic N) is 2. The number of amides is 1. The molecule has 3 atom stereocenters. The number of aromatic nitrogens is 2. The minimum absolute atomic E-state index is 0.0739. The fourth-order valence-electron chi connectivity index (χ4n) is 3.51. The monoisotopic (exact) mass is 345 g/mol. The summed E-state index contributed by atoms with van der Waals surface area (Å²) in [7, 11) is 0. The maximum absolute atomic E-state index is 12.6. The van der Waals surface area contributed by atoms with Crippen molar-refractivity contribution < 1.29 is 4.79 Å². The van der Waals surface area contributed by atoms with Crippen LogP contribution in [-0.2, 0) is 11.2 Å². The lowest BCUT2D eigenvalue weighted by Crippen LogP contribution is -2.31. The summed E-state index contributed by atoms with van der Waals surface area (Å²) in [6.07, 6.45) is 5.23. The van der Waals surface area contributed by atoms with Crippen LogP contribution in [0.2, 0.25) is 0 Å². The number of nitrogens with one attached hydrogen (secondary N) is 1. The number of carbonyl (C=O) groups excluding carboxylic acids is 1. The van der Waals surface area contributed by atoms with Gasteiger partial charge in [0.05, 0.1) is 18.2 Å². The van der Waals surface area contributed by atoms with E-state index >= 15 is 0 Å². The summed E-state index contributed by atoms with van der Waals surface area (Å²) in [4.78, 5) is 12.6. The molecule has 1 N–H and O–H groups in total. The average molecular weight is 345 g/mol. The van der Waals surface area contributed by atoms with E-state index in [1.165, 1.54) is 12.0 Å². The molecule has 1 aliphatic rings. The number of carbonyl (C=O) groups is 1. The van der Waals surface area contributed by atoms with Crippen LogP contribution in [0, 0.1) is 11.8 Å². The molecule has 26 heavy (non-hydrogen) atoms. The molecule has 3 aromatic rings. The Morgan fingerprint density at radius 2 is 1.88 bits per heavy atom. The fourth-order valence-corrected chi connectivity index (χ4v) is 3.51. The molecule has 132 valence electrons. The van der Waals surface area contributed by atoms with E-state index in [4.69, 9.17) is 0 Å². The molecule has 4 rings (SSSR count). The first-order valence-corrected chi connectivity index (χ1v) is 9.14. The molecule has 3 unspecified atom stereocenters. The lowest BCUT2D eigenvalue weighted by Gasteiger charge is -2.19. The lowest BCUT2D eigenvalue weighted by atomic mass is 10.0. The molecule has 0 radical (unpaired) electrons. The molecule has 1 aliphatic carbocycles. The lowest BCUT2D eigenvalue weighted by molar-refractivity contribution is -0.121. The van der Waals surface area contributed by atoms with Crippen molar-refractivity contribution >= 4 is 5.91 Å². The van der Waals surface area contributed by atoms with Crippen LogP contribution in [0.1, 0.15) is 30.5 Å². The van der Waals surface area contributed by atoms with Crippen molar-refractivity contribution in [3.8, 4) is 5.69 Å². The Kier molecular flexibility index (Phi) is 4.57. The van der Waals surface area contributed by atoms with Crippen LogP contribution >= 0.6 is 0 Å². The summed E-state index contributed by atoms with van der Waals surface area (Å²) < 4.78 is 1.81. The highest BCUT2D eigenvalue weighted by Crippen LogP contribution is 2.46. The summed E-state index contributed by atoms with van der Waals surface area (Å²) in [6, 6.07) is 20.3. The van der Waals surface area contributed by atoms with Crippen molar-refractivity contribution in [2.75, 3.05) is 0 Å². The Balaban J connectivity index is 1.42. The van der Waals surface area contributed by atoms with E-state index in [0.29, 0.717) is 18.3 Å². The third-order valence-electron chi connectivity index (χ3n) is 5.15. The smallest absolute Gasteiger partial charge is 0.224 e. The topological polar surface area (TPSA) is 46.9 Å². The third-order valence-corrected chi connectivity index (χ3v) is 5.15. The van der Waals surface area contributed by atoms with E-state index in [1.807, 2.05) is 59.4 Å².